The van der Waals surface area contributed by atoms with Crippen molar-refractivity contribution >= 4 is 21.2 Å². The number of benzene rings is 1. The maximum absolute atomic E-state index is 10.8. The van der Waals surface area contributed by atoms with Crippen LogP contribution in [0.15, 0.2) is 24.3 Å². The van der Waals surface area contributed by atoms with Crippen molar-refractivity contribution in [2.24, 2.45) is 0 Å². The van der Waals surface area contributed by atoms with Crippen molar-refractivity contribution in [3.63, 3.8) is 0 Å². The quantitative estimate of drug-likeness (QED) is 0.422. The monoisotopic (exact) mass is 147 g/mol. The van der Waals surface area contributed by atoms with Gasteiger partial charge in [-0.25, -0.2) is 0 Å². The first-order valence-corrected chi connectivity index (χ1v) is 3.53. The van der Waals surface area contributed by atoms with Crippen LogP contribution in [0.4, 0.5) is 0 Å². The van der Waals surface area contributed by atoms with Crippen molar-refractivity contribution in [2.75, 3.05) is 0 Å². The van der Waals surface area contributed by atoms with Crippen molar-refractivity contribution in [3.05, 3.63) is 29.8 Å². The number of hydrogen-bond donors (Lipinski definition) is 0. The average molecular weight is 147 g/mol. The molecule has 0 amide bonds. The fourth-order valence-electron chi connectivity index (χ4n) is 0.738. The van der Waals surface area contributed by atoms with Crippen LogP contribution in [-0.4, -0.2) is 16.0 Å². The lowest BCUT2D eigenvalue weighted by Crippen LogP contribution is -2.04. The van der Waals surface area contributed by atoms with Gasteiger partial charge in [-0.2, -0.15) is 0 Å². The zero-order valence-corrected chi connectivity index (χ0v) is 6.72. The highest BCUT2D eigenvalue weighted by molar-refractivity contribution is 6.32. The molecule has 2 heteroatoms. The smallest absolute Gasteiger partial charge is 0.159 e. The van der Waals surface area contributed by atoms with Crippen LogP contribution in [-0.2, 0) is 0 Å². The Bertz CT molecular complexity index is 255. The molecule has 0 saturated carbocycles. The molecule has 0 spiro atoms. The van der Waals surface area contributed by atoms with E-state index in [1.807, 2.05) is 12.1 Å². The van der Waals surface area contributed by atoms with Gasteiger partial charge in [-0.1, -0.05) is 29.5 Å². The zero-order valence-electron chi connectivity index (χ0n) is 5.72. The van der Waals surface area contributed by atoms with E-state index in [0.29, 0.717) is 0 Å². The van der Waals surface area contributed by atoms with E-state index in [1.54, 1.807) is 19.1 Å². The maximum atomic E-state index is 10.8. The summed E-state index contributed by atoms with van der Waals surface area (Å²) in [4.78, 5) is 10.8. The number of ketones is 1. The normalized spacial score (nSPS) is 9.40. The van der Waals surface area contributed by atoms with Crippen molar-refractivity contribution in [3.8, 4) is 0 Å². The Labute approximate surface area is 63.5 Å². The Hall–Kier alpha value is -0.893. The van der Waals surface area contributed by atoms with E-state index in [1.165, 1.54) is 0 Å². The van der Waals surface area contributed by atoms with E-state index in [9.17, 15) is 4.79 Å². The van der Waals surface area contributed by atoms with Gasteiger partial charge in [0.2, 0.25) is 0 Å². The molecule has 0 aromatic heterocycles. The number of Topliss-reactive ketones (excluding diaryl/α,β-unsaturated/α-hetero) is 1. The van der Waals surface area contributed by atoms with Crippen molar-refractivity contribution in [2.45, 2.75) is 6.92 Å². The van der Waals surface area contributed by atoms with E-state index < -0.39 is 0 Å². The molecule has 1 nitrogen and oxygen atoms in total. The van der Waals surface area contributed by atoms with Gasteiger partial charge in [-0.05, 0) is 6.92 Å². The van der Waals surface area contributed by atoms with E-state index in [-0.39, 0.29) is 5.78 Å². The molecule has 0 unspecified atom stereocenters. The fourth-order valence-corrected chi connectivity index (χ4v) is 0.990. The molecule has 0 N–H and O–H groups in total. The van der Waals surface area contributed by atoms with Gasteiger partial charge < -0.3 is 0 Å². The van der Waals surface area contributed by atoms with Gasteiger partial charge in [0, 0.05) is 5.56 Å². The largest absolute Gasteiger partial charge is 0.295 e. The van der Waals surface area contributed by atoms with Gasteiger partial charge in [0.1, 0.15) is 0 Å². The summed E-state index contributed by atoms with van der Waals surface area (Å²) in [6.07, 6.45) is 0. The summed E-state index contributed by atoms with van der Waals surface area (Å²) >= 11 is 0. The van der Waals surface area contributed by atoms with E-state index in [2.05, 4.69) is 10.2 Å². The third-order valence-electron chi connectivity index (χ3n) is 1.27. The molecule has 0 heterocycles. The molecule has 1 rings (SSSR count). The first-order valence-electron chi connectivity index (χ1n) is 3.03. The van der Waals surface area contributed by atoms with E-state index in [0.717, 1.165) is 10.8 Å². The van der Waals surface area contributed by atoms with Gasteiger partial charge in [-0.15, -0.1) is 0 Å². The van der Waals surface area contributed by atoms with Gasteiger partial charge in [0.15, 0.2) is 5.78 Å². The van der Waals surface area contributed by atoms with Crippen molar-refractivity contribution < 1.29 is 4.79 Å². The third kappa shape index (κ3) is 1.54. The highest BCUT2D eigenvalue weighted by Crippen LogP contribution is 1.95. The molecule has 0 aliphatic heterocycles. The molecule has 3 radical (unpaired) electrons. The molecule has 1 aromatic rings. The molecular formula is C8H7OSi. The van der Waals surface area contributed by atoms with Crippen LogP contribution in [0.5, 0.6) is 0 Å². The molecule has 10 heavy (non-hydrogen) atoms. The van der Waals surface area contributed by atoms with Crippen LogP contribution < -0.4 is 5.19 Å². The second-order valence-corrected chi connectivity index (χ2v) is 2.71. The van der Waals surface area contributed by atoms with Crippen LogP contribution >= 0.6 is 0 Å². The highest BCUT2D eigenvalue weighted by Gasteiger charge is 1.95. The van der Waals surface area contributed by atoms with Gasteiger partial charge in [0.25, 0.3) is 0 Å². The zero-order chi connectivity index (χ0) is 7.56. The summed E-state index contributed by atoms with van der Waals surface area (Å²) < 4.78 is 0. The molecule has 0 fully saturated rings. The second-order valence-electron chi connectivity index (χ2n) is 2.14. The Morgan fingerprint density at radius 2 is 2.20 bits per heavy atom. The van der Waals surface area contributed by atoms with Crippen molar-refractivity contribution in [1.82, 2.24) is 0 Å². The third-order valence-corrected chi connectivity index (χ3v) is 1.58. The van der Waals surface area contributed by atoms with Crippen molar-refractivity contribution in [1.29, 1.82) is 0 Å². The number of carbonyl (C=O) groups excluding carboxylic acids is 1. The SMILES string of the molecule is CC(=O)c1cccc([Si])c1. The van der Waals surface area contributed by atoms with Crippen LogP contribution in [0.1, 0.15) is 17.3 Å². The van der Waals surface area contributed by atoms with Crippen LogP contribution in [0, 0.1) is 0 Å². The molecule has 49 valence electrons. The second kappa shape index (κ2) is 2.79. The summed E-state index contributed by atoms with van der Waals surface area (Å²) in [5.41, 5.74) is 0.743. The Balaban J connectivity index is 3.07. The predicted octanol–water partition coefficient (Wildman–Crippen LogP) is 0.683. The first-order chi connectivity index (χ1) is 4.70. The van der Waals surface area contributed by atoms with Crippen LogP contribution in [0.3, 0.4) is 0 Å². The highest BCUT2D eigenvalue weighted by atomic mass is 28.1. The number of hydrogen-bond acceptors (Lipinski definition) is 1. The van der Waals surface area contributed by atoms with Gasteiger partial charge in [-0.3, -0.25) is 4.79 Å². The maximum Gasteiger partial charge on any atom is 0.159 e. The lowest BCUT2D eigenvalue weighted by Gasteiger charge is -1.94. The topological polar surface area (TPSA) is 17.1 Å². The lowest BCUT2D eigenvalue weighted by molar-refractivity contribution is 0.101. The van der Waals surface area contributed by atoms with Gasteiger partial charge in [0.05, 0.1) is 10.2 Å². The molecule has 0 aliphatic carbocycles. The number of rotatable bonds is 1. The molecule has 1 aromatic carbocycles. The summed E-state index contributed by atoms with van der Waals surface area (Å²) in [6, 6.07) is 7.34. The van der Waals surface area contributed by atoms with Gasteiger partial charge >= 0.3 is 0 Å². The minimum Gasteiger partial charge on any atom is -0.295 e. The molecule has 0 bridgehead atoms. The molecule has 0 atom stereocenters. The predicted molar refractivity (Wildman–Crippen MR) is 41.8 cm³/mol. The minimum atomic E-state index is 0.0973. The first kappa shape index (κ1) is 7.22. The molecular weight excluding hydrogens is 140 g/mol. The summed E-state index contributed by atoms with van der Waals surface area (Å²) in [5.74, 6) is 0.0973. The molecule has 0 aliphatic rings. The van der Waals surface area contributed by atoms with Crippen LogP contribution in [0.25, 0.3) is 0 Å². The molecule has 0 saturated heterocycles. The Kier molecular flexibility index (Phi) is 2.02. The fraction of sp³-hybridized carbons (Fsp3) is 0.125. The Morgan fingerprint density at radius 1 is 1.50 bits per heavy atom. The standard InChI is InChI=1S/C8H7OSi/c1-6(9)7-3-2-4-8(10)5-7/h2-5H,1H3. The Morgan fingerprint density at radius 3 is 2.60 bits per heavy atom. The van der Waals surface area contributed by atoms with E-state index >= 15 is 0 Å². The van der Waals surface area contributed by atoms with E-state index in [4.69, 9.17) is 0 Å². The minimum absolute atomic E-state index is 0.0973. The average Bonchev–Trinajstić information content (AvgIpc) is 1.88. The summed E-state index contributed by atoms with van der Waals surface area (Å²) in [5, 5.41) is 0.938. The lowest BCUT2D eigenvalue weighted by atomic mass is 10.2. The van der Waals surface area contributed by atoms with Crippen LogP contribution in [0.2, 0.25) is 0 Å². The summed E-state index contributed by atoms with van der Waals surface area (Å²) in [6.45, 7) is 1.56. The summed E-state index contributed by atoms with van der Waals surface area (Å²) in [7, 11) is 3.33. The number of carbonyl (C=O) groups is 1.